The second-order valence-electron chi connectivity index (χ2n) is 5.26. The predicted molar refractivity (Wildman–Crippen MR) is 82.4 cm³/mol. The maximum absolute atomic E-state index is 12.0. The van der Waals surface area contributed by atoms with Gasteiger partial charge in [0.25, 0.3) is 0 Å². The molecule has 1 aromatic rings. The second-order valence-corrected chi connectivity index (χ2v) is 5.70. The van der Waals surface area contributed by atoms with Crippen molar-refractivity contribution in [1.82, 2.24) is 5.32 Å². The molecule has 108 valence electrons. The molecule has 0 aliphatic heterocycles. The number of amides is 1. The van der Waals surface area contributed by atoms with Crippen LogP contribution in [-0.2, 0) is 11.2 Å². The number of benzene rings is 1. The van der Waals surface area contributed by atoms with E-state index < -0.39 is 6.10 Å². The van der Waals surface area contributed by atoms with Crippen molar-refractivity contribution in [3.05, 3.63) is 35.4 Å². The van der Waals surface area contributed by atoms with E-state index in [2.05, 4.69) is 5.32 Å². The first kappa shape index (κ1) is 14.9. The Morgan fingerprint density at radius 2 is 1.95 bits per heavy atom. The molecule has 1 amide bonds. The molecule has 1 saturated carbocycles. The summed E-state index contributed by atoms with van der Waals surface area (Å²) in [6.45, 7) is 0. The van der Waals surface area contributed by atoms with Gasteiger partial charge in [-0.15, -0.1) is 0 Å². The lowest BCUT2D eigenvalue weighted by molar-refractivity contribution is -0.122. The van der Waals surface area contributed by atoms with Crippen LogP contribution >= 0.6 is 12.2 Å². The standard InChI is InChI=1S/C15H20N2O2S/c16-15(20)11-7-5-10(6-8-11)9-14(19)17-12-3-1-2-4-13(12)18/h5-8,12-13,18H,1-4,9H2,(H2,16,20)(H,17,19). The summed E-state index contributed by atoms with van der Waals surface area (Å²) in [6.07, 6.45) is 3.62. The minimum absolute atomic E-state index is 0.0565. The highest BCUT2D eigenvalue weighted by atomic mass is 32.1. The van der Waals surface area contributed by atoms with Gasteiger partial charge in [-0.3, -0.25) is 4.79 Å². The SMILES string of the molecule is NC(=S)c1ccc(CC(=O)NC2CCCCC2O)cc1. The molecule has 0 saturated heterocycles. The fourth-order valence-electron chi connectivity index (χ4n) is 2.51. The molecule has 1 fully saturated rings. The summed E-state index contributed by atoms with van der Waals surface area (Å²) in [5.74, 6) is -0.0565. The van der Waals surface area contributed by atoms with E-state index in [4.69, 9.17) is 18.0 Å². The molecule has 5 heteroatoms. The summed E-state index contributed by atoms with van der Waals surface area (Å²) in [5, 5.41) is 12.8. The summed E-state index contributed by atoms with van der Waals surface area (Å²) >= 11 is 4.89. The molecule has 0 aromatic heterocycles. The molecule has 0 bridgehead atoms. The normalized spacial score (nSPS) is 22.2. The molecule has 1 aromatic carbocycles. The Balaban J connectivity index is 1.89. The fourth-order valence-corrected chi connectivity index (χ4v) is 2.65. The summed E-state index contributed by atoms with van der Waals surface area (Å²) in [6, 6.07) is 7.24. The monoisotopic (exact) mass is 292 g/mol. The molecule has 20 heavy (non-hydrogen) atoms. The van der Waals surface area contributed by atoms with Gasteiger partial charge in [-0.1, -0.05) is 49.3 Å². The zero-order valence-corrected chi connectivity index (χ0v) is 12.2. The van der Waals surface area contributed by atoms with Gasteiger partial charge < -0.3 is 16.2 Å². The van der Waals surface area contributed by atoms with E-state index >= 15 is 0 Å². The zero-order valence-electron chi connectivity index (χ0n) is 11.3. The average Bonchev–Trinajstić information content (AvgIpc) is 2.42. The van der Waals surface area contributed by atoms with Gasteiger partial charge in [-0.25, -0.2) is 0 Å². The van der Waals surface area contributed by atoms with Gasteiger partial charge in [-0.2, -0.15) is 0 Å². The Kier molecular flexibility index (Phi) is 5.09. The maximum Gasteiger partial charge on any atom is 0.224 e. The molecule has 0 spiro atoms. The Labute approximate surface area is 124 Å². The molecule has 1 aliphatic rings. The number of rotatable bonds is 4. The Hall–Kier alpha value is -1.46. The number of hydrogen-bond donors (Lipinski definition) is 3. The van der Waals surface area contributed by atoms with Crippen molar-refractivity contribution in [2.75, 3.05) is 0 Å². The third-order valence-electron chi connectivity index (χ3n) is 3.68. The van der Waals surface area contributed by atoms with Crippen molar-refractivity contribution in [3.8, 4) is 0 Å². The number of aliphatic hydroxyl groups is 1. The molecule has 0 radical (unpaired) electrons. The third kappa shape index (κ3) is 4.02. The van der Waals surface area contributed by atoms with Crippen molar-refractivity contribution in [2.24, 2.45) is 5.73 Å². The van der Waals surface area contributed by atoms with Crippen LogP contribution in [0.3, 0.4) is 0 Å². The van der Waals surface area contributed by atoms with E-state index in [0.29, 0.717) is 11.4 Å². The maximum atomic E-state index is 12.0. The Morgan fingerprint density at radius 3 is 2.55 bits per heavy atom. The molecule has 4 nitrogen and oxygen atoms in total. The molecule has 2 unspecified atom stereocenters. The van der Waals surface area contributed by atoms with Gasteiger partial charge in [0.1, 0.15) is 4.99 Å². The van der Waals surface area contributed by atoms with Gasteiger partial charge >= 0.3 is 0 Å². The van der Waals surface area contributed by atoms with Crippen LogP contribution in [0.25, 0.3) is 0 Å². The number of carbonyl (C=O) groups excluding carboxylic acids is 1. The first-order chi connectivity index (χ1) is 9.56. The third-order valence-corrected chi connectivity index (χ3v) is 3.91. The number of aliphatic hydroxyl groups excluding tert-OH is 1. The number of hydrogen-bond acceptors (Lipinski definition) is 3. The van der Waals surface area contributed by atoms with Crippen molar-refractivity contribution in [2.45, 2.75) is 44.2 Å². The predicted octanol–water partition coefficient (Wildman–Crippen LogP) is 1.28. The lowest BCUT2D eigenvalue weighted by Gasteiger charge is -2.28. The van der Waals surface area contributed by atoms with Gasteiger partial charge in [0.05, 0.1) is 18.6 Å². The minimum Gasteiger partial charge on any atom is -0.391 e. The van der Waals surface area contributed by atoms with Crippen LogP contribution in [0.1, 0.15) is 36.8 Å². The zero-order chi connectivity index (χ0) is 14.5. The van der Waals surface area contributed by atoms with E-state index in [1.54, 1.807) is 0 Å². The molecular weight excluding hydrogens is 272 g/mol. The van der Waals surface area contributed by atoms with Gasteiger partial charge in [0.15, 0.2) is 0 Å². The van der Waals surface area contributed by atoms with Crippen molar-refractivity contribution in [3.63, 3.8) is 0 Å². The molecule has 2 rings (SSSR count). The average molecular weight is 292 g/mol. The van der Waals surface area contributed by atoms with Crippen LogP contribution < -0.4 is 11.1 Å². The van der Waals surface area contributed by atoms with Gasteiger partial charge in [0.2, 0.25) is 5.91 Å². The van der Waals surface area contributed by atoms with Gasteiger partial charge in [0, 0.05) is 5.56 Å². The van der Waals surface area contributed by atoms with E-state index in [1.165, 1.54) is 0 Å². The molecular formula is C15H20N2O2S. The first-order valence-corrected chi connectivity index (χ1v) is 7.33. The highest BCUT2D eigenvalue weighted by Crippen LogP contribution is 2.18. The largest absolute Gasteiger partial charge is 0.391 e. The van der Waals surface area contributed by atoms with E-state index in [0.717, 1.165) is 36.8 Å². The highest BCUT2D eigenvalue weighted by molar-refractivity contribution is 7.80. The molecule has 0 heterocycles. The van der Waals surface area contributed by atoms with Crippen LogP contribution in [0.15, 0.2) is 24.3 Å². The van der Waals surface area contributed by atoms with E-state index in [9.17, 15) is 9.90 Å². The number of carbonyl (C=O) groups is 1. The minimum atomic E-state index is -0.412. The quantitative estimate of drug-likeness (QED) is 0.731. The number of nitrogens with two attached hydrogens (primary N) is 1. The number of nitrogens with one attached hydrogen (secondary N) is 1. The van der Waals surface area contributed by atoms with Crippen LogP contribution in [0.5, 0.6) is 0 Å². The number of thiocarbonyl (C=S) groups is 1. The summed E-state index contributed by atoms with van der Waals surface area (Å²) in [5.41, 5.74) is 7.24. The first-order valence-electron chi connectivity index (χ1n) is 6.92. The van der Waals surface area contributed by atoms with Crippen molar-refractivity contribution >= 4 is 23.1 Å². The molecule has 2 atom stereocenters. The Morgan fingerprint density at radius 1 is 1.30 bits per heavy atom. The van der Waals surface area contributed by atoms with E-state index in [-0.39, 0.29) is 11.9 Å². The fraction of sp³-hybridized carbons (Fsp3) is 0.467. The smallest absolute Gasteiger partial charge is 0.224 e. The summed E-state index contributed by atoms with van der Waals surface area (Å²) < 4.78 is 0. The lowest BCUT2D eigenvalue weighted by atomic mass is 9.92. The lowest BCUT2D eigenvalue weighted by Crippen LogP contribution is -2.45. The summed E-state index contributed by atoms with van der Waals surface area (Å²) in [7, 11) is 0. The van der Waals surface area contributed by atoms with Crippen molar-refractivity contribution in [1.29, 1.82) is 0 Å². The Bertz CT molecular complexity index is 487. The van der Waals surface area contributed by atoms with E-state index in [1.807, 2.05) is 24.3 Å². The van der Waals surface area contributed by atoms with Crippen LogP contribution in [-0.4, -0.2) is 28.1 Å². The topological polar surface area (TPSA) is 75.4 Å². The van der Waals surface area contributed by atoms with Crippen LogP contribution in [0.4, 0.5) is 0 Å². The summed E-state index contributed by atoms with van der Waals surface area (Å²) in [4.78, 5) is 12.3. The molecule has 4 N–H and O–H groups in total. The van der Waals surface area contributed by atoms with Crippen LogP contribution in [0.2, 0.25) is 0 Å². The molecule has 1 aliphatic carbocycles. The van der Waals surface area contributed by atoms with Crippen molar-refractivity contribution < 1.29 is 9.90 Å². The van der Waals surface area contributed by atoms with Crippen LogP contribution in [0, 0.1) is 0 Å². The van der Waals surface area contributed by atoms with Gasteiger partial charge in [-0.05, 0) is 18.4 Å². The highest BCUT2D eigenvalue weighted by Gasteiger charge is 2.24. The second kappa shape index (κ2) is 6.81.